The lowest BCUT2D eigenvalue weighted by Crippen LogP contribution is -2.38. The fourth-order valence-corrected chi connectivity index (χ4v) is 8.08. The van der Waals surface area contributed by atoms with E-state index in [2.05, 4.69) is 51.8 Å². The molecule has 0 bridgehead atoms. The number of halogens is 2. The van der Waals surface area contributed by atoms with Gasteiger partial charge in [-0.25, -0.2) is 38.3 Å². The van der Waals surface area contributed by atoms with Gasteiger partial charge >= 0.3 is 12.1 Å². The Morgan fingerprint density at radius 2 is 1.06 bits per heavy atom. The van der Waals surface area contributed by atoms with E-state index in [1.54, 1.807) is 36.7 Å². The van der Waals surface area contributed by atoms with Crippen molar-refractivity contribution in [3.05, 3.63) is 71.8 Å². The number of nitrogen functional groups attached to an aromatic ring is 2. The second-order valence-electron chi connectivity index (χ2n) is 15.7. The predicted molar refractivity (Wildman–Crippen MR) is 239 cm³/mol. The van der Waals surface area contributed by atoms with Gasteiger partial charge in [0.05, 0.1) is 36.7 Å². The fourth-order valence-electron chi connectivity index (χ4n) is 8.08. The van der Waals surface area contributed by atoms with E-state index < -0.39 is 11.6 Å². The molecule has 4 aliphatic rings. The minimum atomic E-state index is -0.541. The summed E-state index contributed by atoms with van der Waals surface area (Å²) in [6, 6.07) is 5.93. The third-order valence-corrected chi connectivity index (χ3v) is 11.5. The third-order valence-electron chi connectivity index (χ3n) is 11.5. The van der Waals surface area contributed by atoms with Gasteiger partial charge in [-0.05, 0) is 72.9 Å². The summed E-state index contributed by atoms with van der Waals surface area (Å²) in [4.78, 5) is 41.6. The van der Waals surface area contributed by atoms with Gasteiger partial charge in [-0.2, -0.15) is 0 Å². The zero-order chi connectivity index (χ0) is 44.5. The summed E-state index contributed by atoms with van der Waals surface area (Å²) in [5, 5.41) is 19.9. The topological polar surface area (TPSA) is 247 Å². The Balaban J connectivity index is 0.000000162. The zero-order valence-corrected chi connectivity index (χ0v) is 35.0. The molecule has 0 saturated carbocycles. The van der Waals surface area contributed by atoms with Crippen molar-refractivity contribution in [1.82, 2.24) is 30.6 Å². The SMILES string of the molecule is Cc1c(-c2cc3cc(NC(=O)N[C@@H]4CCOC4)ncc3c(N)c2F)cnc2c1NCCO2.Cc1c(-c2cc3cc(NC(=O)N[C@H]4CCOC4)ncc3c(N)c2F)cnc2c1NCCO2. The van der Waals surface area contributed by atoms with Gasteiger partial charge in [-0.1, -0.05) is 0 Å². The molecular weight excluding hydrogens is 831 g/mol. The number of carbonyl (C=O) groups excluding carboxylic acids is 2. The molecule has 2 aromatic carbocycles. The molecule has 2 saturated heterocycles. The number of nitrogens with one attached hydrogen (secondary N) is 6. The molecule has 8 heterocycles. The first kappa shape index (κ1) is 42.0. The molecule has 0 radical (unpaired) electrons. The van der Waals surface area contributed by atoms with Gasteiger partial charge in [0.2, 0.25) is 11.8 Å². The van der Waals surface area contributed by atoms with E-state index in [9.17, 15) is 9.59 Å². The van der Waals surface area contributed by atoms with E-state index in [1.807, 2.05) is 13.8 Å². The Labute approximate surface area is 365 Å². The van der Waals surface area contributed by atoms with Crippen LogP contribution >= 0.6 is 0 Å². The number of aromatic nitrogens is 4. The van der Waals surface area contributed by atoms with Crippen molar-refractivity contribution < 1.29 is 37.3 Å². The standard InChI is InChI=1S/2C22H23FN6O3/c2*1-11-15(8-27-21-20(11)25-3-5-32-21)14-6-12-7-17(26-9-16(12)19(24)18(14)23)29-22(30)28-13-2-4-31-10-13/h2*6-9,13,25H,2-5,10,24H2,1H3,(H2,26,28,29,30)/t2*13-/m10/s1. The van der Waals surface area contributed by atoms with Crippen LogP contribution in [0.3, 0.4) is 0 Å². The first-order valence-corrected chi connectivity index (χ1v) is 20.8. The van der Waals surface area contributed by atoms with E-state index in [4.69, 9.17) is 30.4 Å². The number of amides is 4. The Morgan fingerprint density at radius 3 is 1.47 bits per heavy atom. The van der Waals surface area contributed by atoms with E-state index in [0.29, 0.717) is 120 Å². The van der Waals surface area contributed by atoms with Crippen molar-refractivity contribution >= 4 is 68.0 Å². The average Bonchev–Trinajstić information content (AvgIpc) is 4.02. The van der Waals surface area contributed by atoms with Crippen molar-refractivity contribution in [1.29, 1.82) is 0 Å². The van der Waals surface area contributed by atoms with Crippen molar-refractivity contribution in [3.63, 3.8) is 0 Å². The number of rotatable bonds is 6. The molecule has 20 heteroatoms. The van der Waals surface area contributed by atoms with E-state index in [-0.39, 0.29) is 35.5 Å². The molecule has 64 heavy (non-hydrogen) atoms. The average molecular weight is 877 g/mol. The molecule has 10 N–H and O–H groups in total. The molecule has 6 aromatic rings. The Bertz CT molecular complexity index is 2610. The second-order valence-corrected chi connectivity index (χ2v) is 15.7. The van der Waals surface area contributed by atoms with Crippen LogP contribution in [0.4, 0.5) is 52.8 Å². The normalized spacial score (nSPS) is 17.4. The lowest BCUT2D eigenvalue weighted by molar-refractivity contribution is 0.189. The van der Waals surface area contributed by atoms with Crippen molar-refractivity contribution in [2.75, 3.05) is 85.5 Å². The van der Waals surface area contributed by atoms with Gasteiger partial charge in [0.25, 0.3) is 0 Å². The molecule has 0 aliphatic carbocycles. The first-order chi connectivity index (χ1) is 31.0. The smallest absolute Gasteiger partial charge is 0.320 e. The van der Waals surface area contributed by atoms with Crippen LogP contribution in [-0.4, -0.2) is 96.8 Å². The van der Waals surface area contributed by atoms with E-state index in [0.717, 1.165) is 35.3 Å². The zero-order valence-electron chi connectivity index (χ0n) is 35.0. The molecule has 332 valence electrons. The van der Waals surface area contributed by atoms with Gasteiger partial charge in [0, 0.05) is 84.1 Å². The number of nitrogens with zero attached hydrogens (tertiary/aromatic N) is 4. The number of anilines is 6. The van der Waals surface area contributed by atoms with Gasteiger partial charge in [0.15, 0.2) is 11.6 Å². The van der Waals surface area contributed by atoms with Gasteiger partial charge in [-0.15, -0.1) is 0 Å². The molecule has 0 unspecified atom stereocenters. The minimum absolute atomic E-state index is 0.00886. The summed E-state index contributed by atoms with van der Waals surface area (Å²) in [7, 11) is 0. The number of benzene rings is 2. The molecule has 18 nitrogen and oxygen atoms in total. The van der Waals surface area contributed by atoms with Crippen molar-refractivity contribution in [3.8, 4) is 34.0 Å². The van der Waals surface area contributed by atoms with Gasteiger partial charge < -0.3 is 51.7 Å². The summed E-state index contributed by atoms with van der Waals surface area (Å²) in [6.45, 7) is 8.37. The van der Waals surface area contributed by atoms with Crippen molar-refractivity contribution in [2.45, 2.75) is 38.8 Å². The second kappa shape index (κ2) is 17.8. The molecule has 0 spiro atoms. The summed E-state index contributed by atoms with van der Waals surface area (Å²) in [5.74, 6) is 0.589. The van der Waals surface area contributed by atoms with Gasteiger partial charge in [-0.3, -0.25) is 10.6 Å². The van der Waals surface area contributed by atoms with Crippen LogP contribution in [0.1, 0.15) is 24.0 Å². The molecule has 10 rings (SSSR count). The molecule has 2 atom stereocenters. The number of ether oxygens (including phenoxy) is 4. The van der Waals surface area contributed by atoms with Crippen LogP contribution in [-0.2, 0) is 9.47 Å². The Hall–Kier alpha value is -7.32. The maximum absolute atomic E-state index is 15.2. The Morgan fingerprint density at radius 1 is 0.625 bits per heavy atom. The first-order valence-electron chi connectivity index (χ1n) is 20.8. The van der Waals surface area contributed by atoms with Crippen LogP contribution in [0.5, 0.6) is 11.8 Å². The summed E-state index contributed by atoms with van der Waals surface area (Å²) in [6.07, 6.45) is 7.63. The molecular formula is C44H46F2N12O6. The number of carbonyl (C=O) groups is 2. The summed E-state index contributed by atoms with van der Waals surface area (Å²) >= 11 is 0. The van der Waals surface area contributed by atoms with Crippen LogP contribution in [0, 0.1) is 25.5 Å². The predicted octanol–water partition coefficient (Wildman–Crippen LogP) is 6.08. The highest BCUT2D eigenvalue weighted by atomic mass is 19.1. The largest absolute Gasteiger partial charge is 0.474 e. The number of nitrogens with two attached hydrogens (primary N) is 2. The van der Waals surface area contributed by atoms with Gasteiger partial charge in [0.1, 0.15) is 36.2 Å². The molecule has 4 amide bonds. The number of fused-ring (bicyclic) bond motifs is 4. The number of pyridine rings is 4. The van der Waals surface area contributed by atoms with Crippen LogP contribution in [0.15, 0.2) is 49.1 Å². The number of hydrogen-bond donors (Lipinski definition) is 8. The highest BCUT2D eigenvalue weighted by Crippen LogP contribution is 2.41. The molecule has 4 aliphatic heterocycles. The van der Waals surface area contributed by atoms with Crippen molar-refractivity contribution in [2.24, 2.45) is 0 Å². The summed E-state index contributed by atoms with van der Waals surface area (Å²) in [5.41, 5.74) is 17.2. The number of hydrogen-bond acceptors (Lipinski definition) is 14. The monoisotopic (exact) mass is 876 g/mol. The number of urea groups is 2. The van der Waals surface area contributed by atoms with Crippen LogP contribution in [0.2, 0.25) is 0 Å². The quantitative estimate of drug-likeness (QED) is 0.0884. The maximum atomic E-state index is 15.2. The highest BCUT2D eigenvalue weighted by Gasteiger charge is 2.24. The molecule has 2 fully saturated rings. The lowest BCUT2D eigenvalue weighted by atomic mass is 9.97. The Kier molecular flexibility index (Phi) is 11.7. The van der Waals surface area contributed by atoms with E-state index >= 15 is 8.78 Å². The fraction of sp³-hybridized carbons (Fsp3) is 0.318. The minimum Gasteiger partial charge on any atom is -0.474 e. The highest BCUT2D eigenvalue weighted by molar-refractivity contribution is 6.01. The molecule has 4 aromatic heterocycles. The van der Waals surface area contributed by atoms with Crippen LogP contribution in [0.25, 0.3) is 43.8 Å². The van der Waals surface area contributed by atoms with E-state index in [1.165, 1.54) is 12.4 Å². The lowest BCUT2D eigenvalue weighted by Gasteiger charge is -2.22. The summed E-state index contributed by atoms with van der Waals surface area (Å²) < 4.78 is 52.1. The maximum Gasteiger partial charge on any atom is 0.320 e. The third kappa shape index (κ3) is 8.43. The van der Waals surface area contributed by atoms with Crippen LogP contribution < -0.4 is 52.8 Å².